The maximum absolute atomic E-state index is 11.6. The lowest BCUT2D eigenvalue weighted by Crippen LogP contribution is -2.55. The summed E-state index contributed by atoms with van der Waals surface area (Å²) in [7, 11) is 0. The minimum Gasteiger partial charge on any atom is -0.389 e. The predicted molar refractivity (Wildman–Crippen MR) is 56.8 cm³/mol. The van der Waals surface area contributed by atoms with Gasteiger partial charge in [0.05, 0.1) is 11.1 Å². The number of amides is 1. The third-order valence-electron chi connectivity index (χ3n) is 2.40. The van der Waals surface area contributed by atoms with Crippen LogP contribution in [0, 0.1) is 0 Å². The SMILES string of the molecule is CCC(N)(CC)C(=O)NCC(C)(C)O. The highest BCUT2D eigenvalue weighted by Gasteiger charge is 2.30. The number of nitrogens with one attached hydrogen (secondary N) is 1. The number of hydrogen-bond acceptors (Lipinski definition) is 3. The Morgan fingerprint density at radius 1 is 1.36 bits per heavy atom. The highest BCUT2D eigenvalue weighted by atomic mass is 16.3. The van der Waals surface area contributed by atoms with Crippen molar-refractivity contribution in [3.05, 3.63) is 0 Å². The molecule has 0 bridgehead atoms. The standard InChI is InChI=1S/C10H22N2O2/c1-5-10(11,6-2)8(13)12-7-9(3,4)14/h14H,5-7,11H2,1-4H3,(H,12,13). The van der Waals surface area contributed by atoms with Crippen molar-refractivity contribution in [2.24, 2.45) is 5.73 Å². The van der Waals surface area contributed by atoms with E-state index in [9.17, 15) is 9.90 Å². The lowest BCUT2D eigenvalue weighted by molar-refractivity contribution is -0.127. The van der Waals surface area contributed by atoms with Crippen molar-refractivity contribution in [1.82, 2.24) is 5.32 Å². The van der Waals surface area contributed by atoms with E-state index in [1.807, 2.05) is 13.8 Å². The molecule has 4 nitrogen and oxygen atoms in total. The van der Waals surface area contributed by atoms with E-state index in [1.54, 1.807) is 13.8 Å². The van der Waals surface area contributed by atoms with Gasteiger partial charge >= 0.3 is 0 Å². The van der Waals surface area contributed by atoms with Crippen molar-refractivity contribution in [2.75, 3.05) is 6.54 Å². The van der Waals surface area contributed by atoms with Crippen LogP contribution in [0.5, 0.6) is 0 Å². The molecule has 0 rings (SSSR count). The van der Waals surface area contributed by atoms with E-state index >= 15 is 0 Å². The number of rotatable bonds is 5. The monoisotopic (exact) mass is 202 g/mol. The molecule has 4 N–H and O–H groups in total. The molecule has 0 aliphatic rings. The Morgan fingerprint density at radius 2 is 1.79 bits per heavy atom. The van der Waals surface area contributed by atoms with Crippen LogP contribution in [0.3, 0.4) is 0 Å². The van der Waals surface area contributed by atoms with Crippen LogP contribution >= 0.6 is 0 Å². The predicted octanol–water partition coefficient (Wildman–Crippen LogP) is 0.391. The molecular weight excluding hydrogens is 180 g/mol. The topological polar surface area (TPSA) is 75.4 Å². The van der Waals surface area contributed by atoms with E-state index in [0.717, 1.165) is 0 Å². The molecule has 0 heterocycles. The zero-order chi connectivity index (χ0) is 11.4. The Hall–Kier alpha value is -0.610. The van der Waals surface area contributed by atoms with Crippen molar-refractivity contribution in [1.29, 1.82) is 0 Å². The van der Waals surface area contributed by atoms with Crippen LogP contribution in [0.4, 0.5) is 0 Å². The number of carbonyl (C=O) groups excluding carboxylic acids is 1. The van der Waals surface area contributed by atoms with Gasteiger partial charge in [-0.3, -0.25) is 4.79 Å². The van der Waals surface area contributed by atoms with E-state index in [1.165, 1.54) is 0 Å². The van der Waals surface area contributed by atoms with Crippen LogP contribution in [0.2, 0.25) is 0 Å². The van der Waals surface area contributed by atoms with Crippen molar-refractivity contribution in [3.8, 4) is 0 Å². The lowest BCUT2D eigenvalue weighted by Gasteiger charge is -2.27. The maximum atomic E-state index is 11.6. The molecule has 0 aliphatic carbocycles. The minimum absolute atomic E-state index is 0.190. The first-order chi connectivity index (χ1) is 6.25. The Balaban J connectivity index is 4.20. The molecule has 1 amide bonds. The van der Waals surface area contributed by atoms with Gasteiger partial charge in [0, 0.05) is 6.54 Å². The highest BCUT2D eigenvalue weighted by molar-refractivity contribution is 5.85. The Labute approximate surface area is 85.9 Å². The van der Waals surface area contributed by atoms with Crippen LogP contribution in [0.1, 0.15) is 40.5 Å². The summed E-state index contributed by atoms with van der Waals surface area (Å²) < 4.78 is 0. The van der Waals surface area contributed by atoms with Crippen LogP contribution in [-0.4, -0.2) is 28.7 Å². The fraction of sp³-hybridized carbons (Fsp3) is 0.900. The van der Waals surface area contributed by atoms with Crippen LogP contribution < -0.4 is 11.1 Å². The van der Waals surface area contributed by atoms with Crippen molar-refractivity contribution in [3.63, 3.8) is 0 Å². The highest BCUT2D eigenvalue weighted by Crippen LogP contribution is 2.11. The summed E-state index contributed by atoms with van der Waals surface area (Å²) in [4.78, 5) is 11.6. The van der Waals surface area contributed by atoms with Gasteiger partial charge in [-0.05, 0) is 26.7 Å². The zero-order valence-corrected chi connectivity index (χ0v) is 9.55. The second kappa shape index (κ2) is 4.75. The third-order valence-corrected chi connectivity index (χ3v) is 2.40. The van der Waals surface area contributed by atoms with E-state index in [-0.39, 0.29) is 12.5 Å². The second-order valence-corrected chi connectivity index (χ2v) is 4.36. The van der Waals surface area contributed by atoms with Crippen molar-refractivity contribution >= 4 is 5.91 Å². The molecule has 0 fully saturated rings. The molecule has 0 saturated heterocycles. The minimum atomic E-state index is -0.891. The normalized spacial score (nSPS) is 12.7. The van der Waals surface area contributed by atoms with Gasteiger partial charge in [0.15, 0.2) is 0 Å². The molecular formula is C10H22N2O2. The van der Waals surface area contributed by atoms with Gasteiger partial charge in [0.25, 0.3) is 0 Å². The summed E-state index contributed by atoms with van der Waals surface area (Å²) in [6.45, 7) is 7.28. The number of nitrogens with two attached hydrogens (primary N) is 1. The lowest BCUT2D eigenvalue weighted by atomic mass is 9.93. The summed E-state index contributed by atoms with van der Waals surface area (Å²) in [5.74, 6) is -0.190. The van der Waals surface area contributed by atoms with Gasteiger partial charge in [-0.1, -0.05) is 13.8 Å². The quantitative estimate of drug-likeness (QED) is 0.603. The van der Waals surface area contributed by atoms with Crippen molar-refractivity contribution in [2.45, 2.75) is 51.7 Å². The van der Waals surface area contributed by atoms with Crippen molar-refractivity contribution < 1.29 is 9.90 Å². The smallest absolute Gasteiger partial charge is 0.240 e. The molecule has 0 aromatic carbocycles. The van der Waals surface area contributed by atoms with Crippen LogP contribution in [0.25, 0.3) is 0 Å². The zero-order valence-electron chi connectivity index (χ0n) is 9.55. The first-order valence-electron chi connectivity index (χ1n) is 5.04. The molecule has 0 atom stereocenters. The molecule has 0 spiro atoms. The first kappa shape index (κ1) is 13.4. The number of hydrogen-bond donors (Lipinski definition) is 3. The molecule has 84 valence electrons. The molecule has 0 aromatic heterocycles. The Bertz CT molecular complexity index is 193. The van der Waals surface area contributed by atoms with Crippen LogP contribution in [0.15, 0.2) is 0 Å². The summed E-state index contributed by atoms with van der Waals surface area (Å²) in [6.07, 6.45) is 1.20. The number of aliphatic hydroxyl groups is 1. The van der Waals surface area contributed by atoms with Gasteiger partial charge in [0.1, 0.15) is 0 Å². The summed E-state index contributed by atoms with van der Waals surface area (Å²) in [5.41, 5.74) is 4.18. The Kier molecular flexibility index (Phi) is 4.55. The van der Waals surface area contributed by atoms with Gasteiger partial charge < -0.3 is 16.2 Å². The molecule has 0 aromatic rings. The van der Waals surface area contributed by atoms with E-state index < -0.39 is 11.1 Å². The van der Waals surface area contributed by atoms with Gasteiger partial charge in [-0.15, -0.1) is 0 Å². The maximum Gasteiger partial charge on any atom is 0.240 e. The average molecular weight is 202 g/mol. The van der Waals surface area contributed by atoms with E-state index in [4.69, 9.17) is 5.73 Å². The average Bonchev–Trinajstić information content (AvgIpc) is 2.11. The second-order valence-electron chi connectivity index (χ2n) is 4.36. The molecule has 4 heteroatoms. The summed E-state index contributed by atoms with van der Waals surface area (Å²) in [6, 6.07) is 0. The van der Waals surface area contributed by atoms with E-state index in [2.05, 4.69) is 5.32 Å². The molecule has 0 radical (unpaired) electrons. The largest absolute Gasteiger partial charge is 0.389 e. The summed E-state index contributed by atoms with van der Waals surface area (Å²) >= 11 is 0. The fourth-order valence-corrected chi connectivity index (χ4v) is 1.04. The molecule has 0 unspecified atom stereocenters. The fourth-order valence-electron chi connectivity index (χ4n) is 1.04. The molecule has 0 aliphatic heterocycles. The first-order valence-corrected chi connectivity index (χ1v) is 5.04. The third kappa shape index (κ3) is 4.07. The molecule has 14 heavy (non-hydrogen) atoms. The molecule has 0 saturated carbocycles. The van der Waals surface area contributed by atoms with Gasteiger partial charge in [-0.2, -0.15) is 0 Å². The van der Waals surface area contributed by atoms with Gasteiger partial charge in [-0.25, -0.2) is 0 Å². The number of carbonyl (C=O) groups is 1. The Morgan fingerprint density at radius 3 is 2.07 bits per heavy atom. The summed E-state index contributed by atoms with van der Waals surface area (Å²) in [5, 5.41) is 12.1. The van der Waals surface area contributed by atoms with Gasteiger partial charge in [0.2, 0.25) is 5.91 Å². The van der Waals surface area contributed by atoms with E-state index in [0.29, 0.717) is 12.8 Å². The van der Waals surface area contributed by atoms with Crippen LogP contribution in [-0.2, 0) is 4.79 Å².